The standard InChI is InChI=1S/C24H21FN4O2/c1-29(2)20-15-18(12-13-26-20)22-23(17-8-10-19(25)11-9-17)28-31-24(22)27-21(30)14-16-6-4-3-5-7-16/h3-13,15H,14H2,1-2H3,(H,27,30). The van der Waals surface area contributed by atoms with Crippen LogP contribution >= 0.6 is 0 Å². The number of benzene rings is 2. The fourth-order valence-corrected chi connectivity index (χ4v) is 3.22. The Morgan fingerprint density at radius 2 is 1.77 bits per heavy atom. The number of carbonyl (C=O) groups is 1. The monoisotopic (exact) mass is 416 g/mol. The quantitative estimate of drug-likeness (QED) is 0.489. The summed E-state index contributed by atoms with van der Waals surface area (Å²) in [4.78, 5) is 18.9. The lowest BCUT2D eigenvalue weighted by molar-refractivity contribution is -0.115. The van der Waals surface area contributed by atoms with Gasteiger partial charge < -0.3 is 9.42 Å². The van der Waals surface area contributed by atoms with Crippen molar-refractivity contribution in [2.24, 2.45) is 0 Å². The number of hydrogen-bond donors (Lipinski definition) is 1. The van der Waals surface area contributed by atoms with E-state index in [0.717, 1.165) is 16.9 Å². The van der Waals surface area contributed by atoms with E-state index in [4.69, 9.17) is 4.52 Å². The molecule has 7 heteroatoms. The molecular weight excluding hydrogens is 395 g/mol. The third-order valence-corrected chi connectivity index (χ3v) is 4.76. The van der Waals surface area contributed by atoms with Gasteiger partial charge in [-0.25, -0.2) is 9.37 Å². The molecule has 2 aromatic heterocycles. The molecule has 31 heavy (non-hydrogen) atoms. The van der Waals surface area contributed by atoms with Crippen molar-refractivity contribution in [3.05, 3.63) is 84.3 Å². The van der Waals surface area contributed by atoms with Gasteiger partial charge in [-0.2, -0.15) is 0 Å². The molecule has 0 unspecified atom stereocenters. The summed E-state index contributed by atoms with van der Waals surface area (Å²) in [6, 6.07) is 19.1. The third-order valence-electron chi connectivity index (χ3n) is 4.76. The summed E-state index contributed by atoms with van der Waals surface area (Å²) in [5.41, 5.74) is 3.45. The van der Waals surface area contributed by atoms with Gasteiger partial charge in [-0.15, -0.1) is 0 Å². The SMILES string of the molecule is CN(C)c1cc(-c2c(-c3ccc(F)cc3)noc2NC(=O)Cc2ccccc2)ccn1. The Labute approximate surface area is 179 Å². The molecule has 4 rings (SSSR count). The van der Waals surface area contributed by atoms with Crippen molar-refractivity contribution in [1.29, 1.82) is 0 Å². The second kappa shape index (κ2) is 8.79. The zero-order valence-corrected chi connectivity index (χ0v) is 17.2. The van der Waals surface area contributed by atoms with Crippen molar-refractivity contribution in [3.63, 3.8) is 0 Å². The van der Waals surface area contributed by atoms with E-state index < -0.39 is 0 Å². The molecule has 0 atom stereocenters. The number of nitrogens with zero attached hydrogens (tertiary/aromatic N) is 3. The topological polar surface area (TPSA) is 71.3 Å². The van der Waals surface area contributed by atoms with E-state index in [1.807, 2.05) is 61.5 Å². The number of hydrogen-bond acceptors (Lipinski definition) is 5. The zero-order valence-electron chi connectivity index (χ0n) is 17.2. The average Bonchev–Trinajstić information content (AvgIpc) is 3.18. The first-order valence-corrected chi connectivity index (χ1v) is 9.74. The normalized spacial score (nSPS) is 10.7. The summed E-state index contributed by atoms with van der Waals surface area (Å²) in [7, 11) is 3.78. The van der Waals surface area contributed by atoms with Gasteiger partial charge in [-0.05, 0) is 47.5 Å². The number of carbonyl (C=O) groups excluding carboxylic acids is 1. The second-order valence-corrected chi connectivity index (χ2v) is 7.25. The lowest BCUT2D eigenvalue weighted by Gasteiger charge is -2.13. The van der Waals surface area contributed by atoms with Crippen molar-refractivity contribution in [2.45, 2.75) is 6.42 Å². The van der Waals surface area contributed by atoms with Gasteiger partial charge in [0.25, 0.3) is 0 Å². The number of nitrogens with one attached hydrogen (secondary N) is 1. The van der Waals surface area contributed by atoms with Crippen LogP contribution in [-0.4, -0.2) is 30.1 Å². The van der Waals surface area contributed by atoms with Crippen LogP contribution in [0.3, 0.4) is 0 Å². The highest BCUT2D eigenvalue weighted by molar-refractivity contribution is 5.98. The molecule has 4 aromatic rings. The molecule has 0 saturated carbocycles. The molecule has 1 amide bonds. The number of rotatable bonds is 6. The molecule has 0 aliphatic carbocycles. The Morgan fingerprint density at radius 1 is 1.03 bits per heavy atom. The lowest BCUT2D eigenvalue weighted by atomic mass is 10.0. The predicted octanol–water partition coefficient (Wildman–Crippen LogP) is 4.79. The molecule has 0 radical (unpaired) electrons. The number of anilines is 2. The zero-order chi connectivity index (χ0) is 21.8. The van der Waals surface area contributed by atoms with Crippen LogP contribution in [0.25, 0.3) is 22.4 Å². The lowest BCUT2D eigenvalue weighted by Crippen LogP contribution is -2.14. The molecule has 2 heterocycles. The highest BCUT2D eigenvalue weighted by Gasteiger charge is 2.22. The maximum absolute atomic E-state index is 13.4. The minimum atomic E-state index is -0.344. The van der Waals surface area contributed by atoms with E-state index in [1.165, 1.54) is 12.1 Å². The number of halogens is 1. The molecule has 0 fully saturated rings. The largest absolute Gasteiger partial charge is 0.363 e. The van der Waals surface area contributed by atoms with E-state index in [-0.39, 0.29) is 24.0 Å². The highest BCUT2D eigenvalue weighted by atomic mass is 19.1. The molecule has 6 nitrogen and oxygen atoms in total. The summed E-state index contributed by atoms with van der Waals surface area (Å²) in [5.74, 6) is 0.404. The molecule has 0 spiro atoms. The van der Waals surface area contributed by atoms with Crippen molar-refractivity contribution in [3.8, 4) is 22.4 Å². The first-order chi connectivity index (χ1) is 15.0. The Morgan fingerprint density at radius 3 is 2.48 bits per heavy atom. The summed E-state index contributed by atoms with van der Waals surface area (Å²) in [6.45, 7) is 0. The number of aromatic nitrogens is 2. The number of amides is 1. The average molecular weight is 416 g/mol. The van der Waals surface area contributed by atoms with Crippen molar-refractivity contribution < 1.29 is 13.7 Å². The minimum absolute atomic E-state index is 0.201. The molecular formula is C24H21FN4O2. The number of pyridine rings is 1. The fraction of sp³-hybridized carbons (Fsp3) is 0.125. The first-order valence-electron chi connectivity index (χ1n) is 9.74. The third kappa shape index (κ3) is 4.61. The van der Waals surface area contributed by atoms with Crippen LogP contribution < -0.4 is 10.2 Å². The molecule has 0 bridgehead atoms. The Balaban J connectivity index is 1.74. The Hall–Kier alpha value is -4.00. The van der Waals surface area contributed by atoms with Gasteiger partial charge in [0.2, 0.25) is 11.8 Å². The van der Waals surface area contributed by atoms with E-state index in [1.54, 1.807) is 18.3 Å². The van der Waals surface area contributed by atoms with Gasteiger partial charge >= 0.3 is 0 Å². The van der Waals surface area contributed by atoms with Crippen LogP contribution in [0.4, 0.5) is 16.1 Å². The van der Waals surface area contributed by atoms with Gasteiger partial charge in [-0.3, -0.25) is 10.1 Å². The Kier molecular flexibility index (Phi) is 5.75. The van der Waals surface area contributed by atoms with Crippen LogP contribution in [0.15, 0.2) is 77.4 Å². The van der Waals surface area contributed by atoms with Gasteiger partial charge in [-0.1, -0.05) is 35.5 Å². The second-order valence-electron chi connectivity index (χ2n) is 7.25. The molecule has 156 valence electrons. The van der Waals surface area contributed by atoms with Crippen LogP contribution in [0.1, 0.15) is 5.56 Å². The van der Waals surface area contributed by atoms with E-state index in [9.17, 15) is 9.18 Å². The van der Waals surface area contributed by atoms with Gasteiger partial charge in [0.1, 0.15) is 17.3 Å². The first kappa shape index (κ1) is 20.3. The molecule has 0 aliphatic heterocycles. The van der Waals surface area contributed by atoms with Crippen LogP contribution in [-0.2, 0) is 11.2 Å². The molecule has 0 aliphatic rings. The predicted molar refractivity (Wildman–Crippen MR) is 118 cm³/mol. The van der Waals surface area contributed by atoms with E-state index in [0.29, 0.717) is 16.8 Å². The molecule has 1 N–H and O–H groups in total. The maximum atomic E-state index is 13.4. The van der Waals surface area contributed by atoms with E-state index in [2.05, 4.69) is 15.5 Å². The van der Waals surface area contributed by atoms with Crippen LogP contribution in [0.2, 0.25) is 0 Å². The summed E-state index contributed by atoms with van der Waals surface area (Å²) >= 11 is 0. The fourth-order valence-electron chi connectivity index (χ4n) is 3.22. The van der Waals surface area contributed by atoms with Crippen molar-refractivity contribution >= 4 is 17.6 Å². The summed E-state index contributed by atoms with van der Waals surface area (Å²) < 4.78 is 19.0. The minimum Gasteiger partial charge on any atom is -0.363 e. The summed E-state index contributed by atoms with van der Waals surface area (Å²) in [5, 5.41) is 7.01. The van der Waals surface area contributed by atoms with Crippen LogP contribution in [0, 0.1) is 5.82 Å². The smallest absolute Gasteiger partial charge is 0.239 e. The van der Waals surface area contributed by atoms with Gasteiger partial charge in [0.05, 0.1) is 12.0 Å². The highest BCUT2D eigenvalue weighted by Crippen LogP contribution is 2.38. The Bertz CT molecular complexity index is 1190. The molecule has 2 aromatic carbocycles. The van der Waals surface area contributed by atoms with Crippen molar-refractivity contribution in [1.82, 2.24) is 10.1 Å². The summed E-state index contributed by atoms with van der Waals surface area (Å²) in [6.07, 6.45) is 1.88. The van der Waals surface area contributed by atoms with Gasteiger partial charge in [0, 0.05) is 25.9 Å². The van der Waals surface area contributed by atoms with Crippen molar-refractivity contribution in [2.75, 3.05) is 24.3 Å². The molecule has 0 saturated heterocycles. The van der Waals surface area contributed by atoms with E-state index >= 15 is 0 Å². The van der Waals surface area contributed by atoms with Gasteiger partial charge in [0.15, 0.2) is 0 Å². The maximum Gasteiger partial charge on any atom is 0.239 e. The van der Waals surface area contributed by atoms with Crippen LogP contribution in [0.5, 0.6) is 0 Å².